The molecule has 3 rings (SSSR count). The molecule has 7 heteroatoms. The predicted molar refractivity (Wildman–Crippen MR) is 97.0 cm³/mol. The Labute approximate surface area is 150 Å². The van der Waals surface area contributed by atoms with Crippen molar-refractivity contribution in [3.63, 3.8) is 0 Å². The van der Waals surface area contributed by atoms with Crippen molar-refractivity contribution in [2.24, 2.45) is 0 Å². The lowest BCUT2D eigenvalue weighted by Gasteiger charge is -2.18. The number of hydrogen-bond donors (Lipinski definition) is 1. The Morgan fingerprint density at radius 3 is 2.68 bits per heavy atom. The van der Waals surface area contributed by atoms with E-state index in [4.69, 9.17) is 11.6 Å². The van der Waals surface area contributed by atoms with Gasteiger partial charge in [0, 0.05) is 36.3 Å². The molecule has 0 radical (unpaired) electrons. The first kappa shape index (κ1) is 17.2. The SMILES string of the molecule is CN(Cc1ccccc1Cl)C(=O)c1ccc(NC2CC2)c([N+](=O)[O-])c1. The van der Waals surface area contributed by atoms with Gasteiger partial charge >= 0.3 is 0 Å². The van der Waals surface area contributed by atoms with Gasteiger partial charge in [0.1, 0.15) is 5.69 Å². The third-order valence-electron chi connectivity index (χ3n) is 4.09. The average molecular weight is 360 g/mol. The van der Waals surface area contributed by atoms with Gasteiger partial charge < -0.3 is 10.2 Å². The van der Waals surface area contributed by atoms with Gasteiger partial charge in [-0.05, 0) is 36.6 Å². The first-order valence-electron chi connectivity index (χ1n) is 7.99. The summed E-state index contributed by atoms with van der Waals surface area (Å²) < 4.78 is 0. The van der Waals surface area contributed by atoms with E-state index in [0.29, 0.717) is 23.3 Å². The van der Waals surface area contributed by atoms with Gasteiger partial charge in [0.2, 0.25) is 0 Å². The molecule has 1 saturated carbocycles. The number of nitrogens with zero attached hydrogens (tertiary/aromatic N) is 2. The van der Waals surface area contributed by atoms with E-state index in [1.54, 1.807) is 25.2 Å². The summed E-state index contributed by atoms with van der Waals surface area (Å²) in [6, 6.07) is 12.1. The Balaban J connectivity index is 1.80. The number of carbonyl (C=O) groups is 1. The van der Waals surface area contributed by atoms with Crippen LogP contribution in [0.2, 0.25) is 5.02 Å². The highest BCUT2D eigenvalue weighted by Gasteiger charge is 2.26. The summed E-state index contributed by atoms with van der Waals surface area (Å²) in [5.74, 6) is -0.291. The van der Waals surface area contributed by atoms with Crippen molar-refractivity contribution in [3.8, 4) is 0 Å². The molecule has 130 valence electrons. The Bertz CT molecular complexity index is 821. The summed E-state index contributed by atoms with van der Waals surface area (Å²) in [6.45, 7) is 0.328. The first-order valence-corrected chi connectivity index (χ1v) is 8.37. The van der Waals surface area contributed by atoms with Crippen LogP contribution >= 0.6 is 11.6 Å². The van der Waals surface area contributed by atoms with E-state index in [0.717, 1.165) is 18.4 Å². The third kappa shape index (κ3) is 4.09. The zero-order valence-electron chi connectivity index (χ0n) is 13.7. The minimum atomic E-state index is -0.463. The molecule has 0 unspecified atom stereocenters. The van der Waals surface area contributed by atoms with E-state index in [-0.39, 0.29) is 17.2 Å². The van der Waals surface area contributed by atoms with Crippen LogP contribution in [-0.4, -0.2) is 28.8 Å². The number of benzene rings is 2. The second-order valence-electron chi connectivity index (χ2n) is 6.16. The largest absolute Gasteiger partial charge is 0.377 e. The molecule has 1 N–H and O–H groups in total. The molecule has 25 heavy (non-hydrogen) atoms. The van der Waals surface area contributed by atoms with E-state index in [9.17, 15) is 14.9 Å². The Morgan fingerprint density at radius 1 is 1.32 bits per heavy atom. The number of nitro benzene ring substituents is 1. The Hall–Kier alpha value is -2.60. The van der Waals surface area contributed by atoms with Crippen LogP contribution < -0.4 is 5.32 Å². The van der Waals surface area contributed by atoms with Crippen molar-refractivity contribution in [3.05, 3.63) is 68.7 Å². The van der Waals surface area contributed by atoms with Crippen LogP contribution in [0.15, 0.2) is 42.5 Å². The molecule has 1 fully saturated rings. The average Bonchev–Trinajstić information content (AvgIpc) is 3.40. The first-order chi connectivity index (χ1) is 12.0. The Kier molecular flexibility index (Phi) is 4.90. The third-order valence-corrected chi connectivity index (χ3v) is 4.46. The number of amides is 1. The quantitative estimate of drug-likeness (QED) is 0.622. The van der Waals surface area contributed by atoms with Crippen molar-refractivity contribution >= 4 is 28.9 Å². The molecule has 6 nitrogen and oxygen atoms in total. The van der Waals surface area contributed by atoms with E-state index < -0.39 is 4.92 Å². The van der Waals surface area contributed by atoms with Gasteiger partial charge in [-0.15, -0.1) is 0 Å². The number of nitrogens with one attached hydrogen (secondary N) is 1. The molecule has 0 bridgehead atoms. The fraction of sp³-hybridized carbons (Fsp3) is 0.278. The molecule has 0 aliphatic heterocycles. The van der Waals surface area contributed by atoms with Gasteiger partial charge in [-0.3, -0.25) is 14.9 Å². The second-order valence-corrected chi connectivity index (χ2v) is 6.57. The van der Waals surface area contributed by atoms with Gasteiger partial charge in [-0.25, -0.2) is 0 Å². The summed E-state index contributed by atoms with van der Waals surface area (Å²) >= 11 is 6.13. The minimum Gasteiger partial charge on any atom is -0.377 e. The smallest absolute Gasteiger partial charge is 0.293 e. The minimum absolute atomic E-state index is 0.0797. The number of nitro groups is 1. The number of carbonyl (C=O) groups excluding carboxylic acids is 1. The highest BCUT2D eigenvalue weighted by Crippen LogP contribution is 2.32. The molecule has 0 aromatic heterocycles. The van der Waals surface area contributed by atoms with Crippen LogP contribution in [0, 0.1) is 10.1 Å². The van der Waals surface area contributed by atoms with Crippen molar-refractivity contribution in [1.82, 2.24) is 4.90 Å². The Morgan fingerprint density at radius 2 is 2.04 bits per heavy atom. The van der Waals surface area contributed by atoms with Crippen molar-refractivity contribution in [1.29, 1.82) is 0 Å². The second kappa shape index (κ2) is 7.11. The predicted octanol–water partition coefficient (Wildman–Crippen LogP) is 4.09. The highest BCUT2D eigenvalue weighted by molar-refractivity contribution is 6.31. The van der Waals surface area contributed by atoms with Gasteiger partial charge in [0.15, 0.2) is 0 Å². The summed E-state index contributed by atoms with van der Waals surface area (Å²) in [4.78, 5) is 25.0. The number of anilines is 1. The van der Waals surface area contributed by atoms with Gasteiger partial charge in [0.25, 0.3) is 11.6 Å². The molecule has 1 aliphatic rings. The van der Waals surface area contributed by atoms with Crippen molar-refractivity contribution in [2.45, 2.75) is 25.4 Å². The molecule has 0 heterocycles. The highest BCUT2D eigenvalue weighted by atomic mass is 35.5. The topological polar surface area (TPSA) is 75.5 Å². The van der Waals surface area contributed by atoms with E-state index in [1.807, 2.05) is 18.2 Å². The lowest BCUT2D eigenvalue weighted by atomic mass is 10.1. The zero-order chi connectivity index (χ0) is 18.0. The van der Waals surface area contributed by atoms with Crippen molar-refractivity contribution in [2.75, 3.05) is 12.4 Å². The van der Waals surface area contributed by atoms with Crippen molar-refractivity contribution < 1.29 is 9.72 Å². The van der Waals surface area contributed by atoms with Crippen LogP contribution in [0.5, 0.6) is 0 Å². The van der Waals surface area contributed by atoms with Crippen LogP contribution in [0.3, 0.4) is 0 Å². The molecule has 2 aromatic carbocycles. The maximum absolute atomic E-state index is 12.6. The van der Waals surface area contributed by atoms with E-state index in [1.165, 1.54) is 11.0 Å². The maximum Gasteiger partial charge on any atom is 0.293 e. The van der Waals surface area contributed by atoms with E-state index in [2.05, 4.69) is 5.32 Å². The van der Waals surface area contributed by atoms with Crippen LogP contribution in [0.25, 0.3) is 0 Å². The fourth-order valence-electron chi connectivity index (χ4n) is 2.56. The molecule has 0 saturated heterocycles. The molecular formula is C18H18ClN3O3. The normalized spacial score (nSPS) is 13.4. The monoisotopic (exact) mass is 359 g/mol. The number of hydrogen-bond acceptors (Lipinski definition) is 4. The molecule has 2 aromatic rings. The lowest BCUT2D eigenvalue weighted by Crippen LogP contribution is -2.26. The number of rotatable bonds is 6. The maximum atomic E-state index is 12.6. The molecule has 0 spiro atoms. The van der Waals surface area contributed by atoms with Crippen LogP contribution in [0.1, 0.15) is 28.8 Å². The van der Waals surface area contributed by atoms with Crippen LogP contribution in [-0.2, 0) is 6.54 Å². The summed E-state index contributed by atoms with van der Waals surface area (Å²) in [7, 11) is 1.65. The molecule has 1 amide bonds. The van der Waals surface area contributed by atoms with E-state index >= 15 is 0 Å². The summed E-state index contributed by atoms with van der Waals surface area (Å²) in [6.07, 6.45) is 2.02. The molecule has 1 aliphatic carbocycles. The van der Waals surface area contributed by atoms with Gasteiger partial charge in [0.05, 0.1) is 4.92 Å². The summed E-state index contributed by atoms with van der Waals surface area (Å²) in [5.41, 5.74) is 1.48. The fourth-order valence-corrected chi connectivity index (χ4v) is 2.76. The van der Waals surface area contributed by atoms with Crippen LogP contribution in [0.4, 0.5) is 11.4 Å². The molecule has 0 atom stereocenters. The van der Waals surface area contributed by atoms with Gasteiger partial charge in [-0.1, -0.05) is 29.8 Å². The number of halogens is 1. The zero-order valence-corrected chi connectivity index (χ0v) is 14.5. The summed E-state index contributed by atoms with van der Waals surface area (Å²) in [5, 5.41) is 15.0. The lowest BCUT2D eigenvalue weighted by molar-refractivity contribution is -0.384. The molecular weight excluding hydrogens is 342 g/mol. The van der Waals surface area contributed by atoms with Gasteiger partial charge in [-0.2, -0.15) is 0 Å². The standard InChI is InChI=1S/C18H18ClN3O3/c1-21(11-13-4-2-3-5-15(13)19)18(23)12-6-9-16(20-14-7-8-14)17(10-12)22(24)25/h2-6,9-10,14,20H,7-8,11H2,1H3.